The molecule has 0 spiro atoms. The quantitative estimate of drug-likeness (QED) is 0.474. The van der Waals surface area contributed by atoms with Crippen molar-refractivity contribution in [1.29, 1.82) is 0 Å². The molecule has 8 heteroatoms. The van der Waals surface area contributed by atoms with Crippen LogP contribution in [0, 0.1) is 17.0 Å². The maximum Gasteiger partial charge on any atom is 0.270 e. The standard InChI is InChI=1S/C21H24N6O2/c1-17-5-2-3-6-19(17)14-24-9-11-25(12-10-24)16-26-15-22-21(23-26)18-7-4-8-20(13-18)27(28)29/h2-8,13,15H,9-12,14,16H2,1H3. The van der Waals surface area contributed by atoms with E-state index in [9.17, 15) is 10.1 Å². The van der Waals surface area contributed by atoms with Crippen LogP contribution in [-0.4, -0.2) is 55.7 Å². The highest BCUT2D eigenvalue weighted by Gasteiger charge is 2.18. The second-order valence-corrected chi connectivity index (χ2v) is 7.38. The summed E-state index contributed by atoms with van der Waals surface area (Å²) >= 11 is 0. The third-order valence-corrected chi connectivity index (χ3v) is 5.32. The first kappa shape index (κ1) is 19.2. The highest BCUT2D eigenvalue weighted by Crippen LogP contribution is 2.20. The first-order chi connectivity index (χ1) is 14.1. The van der Waals surface area contributed by atoms with E-state index in [4.69, 9.17) is 0 Å². The number of non-ortho nitro benzene ring substituents is 1. The Kier molecular flexibility index (Phi) is 5.64. The molecule has 29 heavy (non-hydrogen) atoms. The van der Waals surface area contributed by atoms with Gasteiger partial charge in [0.1, 0.15) is 6.33 Å². The van der Waals surface area contributed by atoms with Crippen LogP contribution < -0.4 is 0 Å². The van der Waals surface area contributed by atoms with Crippen molar-refractivity contribution in [2.24, 2.45) is 0 Å². The average Bonchev–Trinajstić information content (AvgIpc) is 3.20. The van der Waals surface area contributed by atoms with E-state index in [1.807, 2.05) is 0 Å². The lowest BCUT2D eigenvalue weighted by molar-refractivity contribution is -0.384. The minimum Gasteiger partial charge on any atom is -0.297 e. The maximum absolute atomic E-state index is 11.0. The Morgan fingerprint density at radius 3 is 2.55 bits per heavy atom. The van der Waals surface area contributed by atoms with Crippen LogP contribution in [0.1, 0.15) is 11.1 Å². The summed E-state index contributed by atoms with van der Waals surface area (Å²) in [5.41, 5.74) is 3.43. The summed E-state index contributed by atoms with van der Waals surface area (Å²) in [4.78, 5) is 19.7. The normalized spacial score (nSPS) is 15.5. The number of aromatic nitrogens is 3. The number of piperazine rings is 1. The molecule has 2 aromatic carbocycles. The van der Waals surface area contributed by atoms with E-state index in [-0.39, 0.29) is 5.69 Å². The number of benzene rings is 2. The number of nitro groups is 1. The predicted octanol–water partition coefficient (Wildman–Crippen LogP) is 2.94. The number of aryl methyl sites for hydroxylation is 1. The number of rotatable bonds is 6. The smallest absolute Gasteiger partial charge is 0.270 e. The fraction of sp³-hybridized carbons (Fsp3) is 0.333. The highest BCUT2D eigenvalue weighted by molar-refractivity contribution is 5.58. The fourth-order valence-electron chi connectivity index (χ4n) is 3.58. The van der Waals surface area contributed by atoms with Gasteiger partial charge in [-0.05, 0) is 18.1 Å². The lowest BCUT2D eigenvalue weighted by Crippen LogP contribution is -2.46. The molecular formula is C21H24N6O2. The third kappa shape index (κ3) is 4.67. The molecule has 8 nitrogen and oxygen atoms in total. The Hall–Kier alpha value is -3.10. The lowest BCUT2D eigenvalue weighted by Gasteiger charge is -2.34. The largest absolute Gasteiger partial charge is 0.297 e. The van der Waals surface area contributed by atoms with Crippen molar-refractivity contribution in [1.82, 2.24) is 24.6 Å². The van der Waals surface area contributed by atoms with Gasteiger partial charge in [-0.15, -0.1) is 5.10 Å². The van der Waals surface area contributed by atoms with Crippen LogP contribution in [-0.2, 0) is 13.2 Å². The zero-order valence-corrected chi connectivity index (χ0v) is 16.4. The molecule has 1 aliphatic rings. The minimum atomic E-state index is -0.406. The molecule has 1 fully saturated rings. The number of nitrogens with zero attached hydrogens (tertiary/aromatic N) is 6. The van der Waals surface area contributed by atoms with Gasteiger partial charge < -0.3 is 0 Å². The SMILES string of the molecule is Cc1ccccc1CN1CCN(Cn2cnc(-c3cccc([N+](=O)[O-])c3)n2)CC1. The molecule has 3 aromatic rings. The number of hydrogen-bond donors (Lipinski definition) is 0. The summed E-state index contributed by atoms with van der Waals surface area (Å²) in [6.07, 6.45) is 1.69. The van der Waals surface area contributed by atoms with E-state index in [1.165, 1.54) is 23.3 Å². The molecule has 1 aromatic heterocycles. The predicted molar refractivity (Wildman–Crippen MR) is 110 cm³/mol. The Morgan fingerprint density at radius 2 is 1.79 bits per heavy atom. The zero-order valence-electron chi connectivity index (χ0n) is 16.4. The van der Waals surface area contributed by atoms with E-state index >= 15 is 0 Å². The van der Waals surface area contributed by atoms with Crippen LogP contribution in [0.15, 0.2) is 54.9 Å². The topological polar surface area (TPSA) is 80.3 Å². The highest BCUT2D eigenvalue weighted by atomic mass is 16.6. The van der Waals surface area contributed by atoms with Crippen molar-refractivity contribution in [3.63, 3.8) is 0 Å². The summed E-state index contributed by atoms with van der Waals surface area (Å²) in [5, 5.41) is 15.5. The Labute approximate surface area is 169 Å². The Bertz CT molecular complexity index is 994. The van der Waals surface area contributed by atoms with Crippen LogP contribution in [0.5, 0.6) is 0 Å². The van der Waals surface area contributed by atoms with E-state index in [2.05, 4.69) is 51.1 Å². The van der Waals surface area contributed by atoms with E-state index in [0.29, 0.717) is 18.1 Å². The van der Waals surface area contributed by atoms with E-state index in [0.717, 1.165) is 32.7 Å². The molecule has 0 saturated carbocycles. The molecule has 0 bridgehead atoms. The molecule has 0 atom stereocenters. The molecule has 0 amide bonds. The Balaban J connectivity index is 1.33. The van der Waals surface area contributed by atoms with Gasteiger partial charge in [0.05, 0.1) is 11.6 Å². The van der Waals surface area contributed by atoms with Crippen molar-refractivity contribution < 1.29 is 4.92 Å². The van der Waals surface area contributed by atoms with Crippen LogP contribution >= 0.6 is 0 Å². The van der Waals surface area contributed by atoms with Crippen LogP contribution in [0.2, 0.25) is 0 Å². The van der Waals surface area contributed by atoms with Gasteiger partial charge in [-0.25, -0.2) is 9.67 Å². The second kappa shape index (κ2) is 8.50. The van der Waals surface area contributed by atoms with Crippen molar-refractivity contribution >= 4 is 5.69 Å². The molecule has 0 unspecified atom stereocenters. The molecule has 2 heterocycles. The summed E-state index contributed by atoms with van der Waals surface area (Å²) in [6.45, 7) is 7.79. The molecule has 150 valence electrons. The fourth-order valence-corrected chi connectivity index (χ4v) is 3.58. The lowest BCUT2D eigenvalue weighted by atomic mass is 10.1. The summed E-state index contributed by atoms with van der Waals surface area (Å²) in [6, 6.07) is 15.0. The summed E-state index contributed by atoms with van der Waals surface area (Å²) < 4.78 is 1.80. The van der Waals surface area contributed by atoms with Gasteiger partial charge in [0, 0.05) is 50.4 Å². The van der Waals surface area contributed by atoms with Gasteiger partial charge in [0.15, 0.2) is 5.82 Å². The second-order valence-electron chi connectivity index (χ2n) is 7.38. The van der Waals surface area contributed by atoms with Gasteiger partial charge in [0.2, 0.25) is 0 Å². The maximum atomic E-state index is 11.0. The van der Waals surface area contributed by atoms with Crippen LogP contribution in [0.3, 0.4) is 0 Å². The van der Waals surface area contributed by atoms with Crippen LogP contribution in [0.4, 0.5) is 5.69 Å². The first-order valence-corrected chi connectivity index (χ1v) is 9.72. The summed E-state index contributed by atoms with van der Waals surface area (Å²) in [7, 11) is 0. The Morgan fingerprint density at radius 1 is 1.03 bits per heavy atom. The van der Waals surface area contributed by atoms with Crippen molar-refractivity contribution in [3.8, 4) is 11.4 Å². The van der Waals surface area contributed by atoms with Crippen molar-refractivity contribution in [2.75, 3.05) is 26.2 Å². The first-order valence-electron chi connectivity index (χ1n) is 9.72. The molecule has 0 radical (unpaired) electrons. The van der Waals surface area contributed by atoms with Gasteiger partial charge in [-0.2, -0.15) is 0 Å². The van der Waals surface area contributed by atoms with E-state index < -0.39 is 4.92 Å². The van der Waals surface area contributed by atoms with E-state index in [1.54, 1.807) is 23.1 Å². The zero-order chi connectivity index (χ0) is 20.2. The van der Waals surface area contributed by atoms with Gasteiger partial charge >= 0.3 is 0 Å². The summed E-state index contributed by atoms with van der Waals surface area (Å²) in [5.74, 6) is 0.506. The van der Waals surface area contributed by atoms with Gasteiger partial charge in [-0.3, -0.25) is 19.9 Å². The number of nitro benzene ring substituents is 1. The molecule has 1 saturated heterocycles. The molecule has 1 aliphatic heterocycles. The average molecular weight is 392 g/mol. The molecule has 4 rings (SSSR count). The number of hydrogen-bond acceptors (Lipinski definition) is 6. The van der Waals surface area contributed by atoms with Crippen molar-refractivity contribution in [2.45, 2.75) is 20.1 Å². The van der Waals surface area contributed by atoms with Gasteiger partial charge in [0.25, 0.3) is 5.69 Å². The van der Waals surface area contributed by atoms with Gasteiger partial charge in [-0.1, -0.05) is 36.4 Å². The van der Waals surface area contributed by atoms with Crippen molar-refractivity contribution in [3.05, 3.63) is 76.1 Å². The molecule has 0 aliphatic carbocycles. The molecular weight excluding hydrogens is 368 g/mol. The monoisotopic (exact) mass is 392 g/mol. The minimum absolute atomic E-state index is 0.0450. The third-order valence-electron chi connectivity index (χ3n) is 5.32. The van der Waals surface area contributed by atoms with Crippen LogP contribution in [0.25, 0.3) is 11.4 Å². The molecule has 0 N–H and O–H groups in total.